The van der Waals surface area contributed by atoms with Gasteiger partial charge in [0.15, 0.2) is 6.04 Å². The first kappa shape index (κ1) is 15.5. The lowest BCUT2D eigenvalue weighted by Crippen LogP contribution is -2.48. The molecule has 104 valence electrons. The highest BCUT2D eigenvalue weighted by atomic mass is 32.2. The Morgan fingerprint density at radius 3 is 2.42 bits per heavy atom. The minimum Gasteiger partial charge on any atom is -0.480 e. The fourth-order valence-corrected chi connectivity index (χ4v) is 1.99. The summed E-state index contributed by atoms with van der Waals surface area (Å²) in [6, 6.07) is 4.26. The maximum absolute atomic E-state index is 12.7. The van der Waals surface area contributed by atoms with Crippen LogP contribution in [0.1, 0.15) is 6.92 Å². The minimum absolute atomic E-state index is 0.0118. The molecule has 0 heterocycles. The van der Waals surface area contributed by atoms with Gasteiger partial charge in [0.25, 0.3) is 0 Å². The second-order valence-corrected chi connectivity index (χ2v) is 4.92. The van der Waals surface area contributed by atoms with E-state index in [1.165, 1.54) is 31.2 Å². The number of rotatable bonds is 6. The van der Waals surface area contributed by atoms with E-state index in [0.717, 1.165) is 11.8 Å². The Hall–Kier alpha value is -1.60. The van der Waals surface area contributed by atoms with Crippen molar-refractivity contribution in [2.24, 2.45) is 0 Å². The van der Waals surface area contributed by atoms with Gasteiger partial charge in [-0.3, -0.25) is 4.79 Å². The Balaban J connectivity index is 2.47. The van der Waals surface area contributed by atoms with E-state index in [-0.39, 0.29) is 11.6 Å². The van der Waals surface area contributed by atoms with Crippen LogP contribution in [0.5, 0.6) is 0 Å². The van der Waals surface area contributed by atoms with E-state index in [9.17, 15) is 19.1 Å². The van der Waals surface area contributed by atoms with Crippen molar-refractivity contribution in [3.8, 4) is 0 Å². The van der Waals surface area contributed by atoms with E-state index >= 15 is 0 Å². The molecule has 1 aromatic carbocycles. The number of amides is 1. The fourth-order valence-electron chi connectivity index (χ4n) is 1.28. The standard InChI is InChI=1S/C12H14FNO4S/c1-7(15)11(12(17)18)14-10(16)6-19-9-4-2-8(13)3-5-9/h2-5,7,11,15H,6H2,1H3,(H,14,16)(H,17,18). The van der Waals surface area contributed by atoms with E-state index in [2.05, 4.69) is 5.32 Å². The summed E-state index contributed by atoms with van der Waals surface area (Å²) in [7, 11) is 0. The van der Waals surface area contributed by atoms with Gasteiger partial charge in [0.1, 0.15) is 5.82 Å². The van der Waals surface area contributed by atoms with E-state index in [4.69, 9.17) is 5.11 Å². The van der Waals surface area contributed by atoms with Crippen LogP contribution in [0, 0.1) is 5.82 Å². The topological polar surface area (TPSA) is 86.6 Å². The van der Waals surface area contributed by atoms with Gasteiger partial charge < -0.3 is 15.5 Å². The molecular formula is C12H14FNO4S. The molecule has 2 atom stereocenters. The Labute approximate surface area is 113 Å². The summed E-state index contributed by atoms with van der Waals surface area (Å²) in [5.41, 5.74) is 0. The van der Waals surface area contributed by atoms with Crippen molar-refractivity contribution in [1.29, 1.82) is 0 Å². The average Bonchev–Trinajstić information content (AvgIpc) is 2.34. The molecule has 0 spiro atoms. The normalized spacial score (nSPS) is 13.6. The van der Waals surface area contributed by atoms with Gasteiger partial charge in [0, 0.05) is 4.90 Å². The van der Waals surface area contributed by atoms with Crippen LogP contribution in [0.15, 0.2) is 29.2 Å². The smallest absolute Gasteiger partial charge is 0.328 e. The Morgan fingerprint density at radius 1 is 1.37 bits per heavy atom. The van der Waals surface area contributed by atoms with Crippen LogP contribution in [-0.4, -0.2) is 40.0 Å². The second kappa shape index (κ2) is 7.10. The number of hydrogen-bond donors (Lipinski definition) is 3. The number of halogens is 1. The molecule has 1 amide bonds. The lowest BCUT2D eigenvalue weighted by Gasteiger charge is -2.16. The largest absolute Gasteiger partial charge is 0.480 e. The Bertz CT molecular complexity index is 450. The van der Waals surface area contributed by atoms with Crippen molar-refractivity contribution in [2.45, 2.75) is 24.0 Å². The van der Waals surface area contributed by atoms with Crippen LogP contribution in [0.25, 0.3) is 0 Å². The summed E-state index contributed by atoms with van der Waals surface area (Å²) >= 11 is 1.15. The number of aliphatic hydroxyl groups is 1. The highest BCUT2D eigenvalue weighted by Gasteiger charge is 2.24. The maximum atomic E-state index is 12.7. The molecule has 0 aliphatic rings. The summed E-state index contributed by atoms with van der Waals surface area (Å²) in [4.78, 5) is 23.0. The van der Waals surface area contributed by atoms with Gasteiger partial charge in [-0.05, 0) is 31.2 Å². The molecular weight excluding hydrogens is 273 g/mol. The lowest BCUT2D eigenvalue weighted by molar-refractivity contribution is -0.144. The third-order valence-electron chi connectivity index (χ3n) is 2.25. The summed E-state index contributed by atoms with van der Waals surface area (Å²) in [6.45, 7) is 1.28. The molecule has 3 N–H and O–H groups in total. The zero-order valence-corrected chi connectivity index (χ0v) is 11.0. The quantitative estimate of drug-likeness (QED) is 0.676. The maximum Gasteiger partial charge on any atom is 0.328 e. The molecule has 0 aliphatic carbocycles. The molecule has 2 unspecified atom stereocenters. The van der Waals surface area contributed by atoms with Crippen molar-refractivity contribution >= 4 is 23.6 Å². The van der Waals surface area contributed by atoms with Crippen LogP contribution < -0.4 is 5.32 Å². The molecule has 0 fully saturated rings. The zero-order chi connectivity index (χ0) is 14.4. The molecule has 0 saturated heterocycles. The second-order valence-electron chi connectivity index (χ2n) is 3.87. The number of hydrogen-bond acceptors (Lipinski definition) is 4. The third-order valence-corrected chi connectivity index (χ3v) is 3.26. The number of aliphatic carboxylic acids is 1. The number of carbonyl (C=O) groups is 2. The molecule has 0 radical (unpaired) electrons. The highest BCUT2D eigenvalue weighted by molar-refractivity contribution is 8.00. The minimum atomic E-state index is -1.33. The molecule has 1 rings (SSSR count). The molecule has 0 saturated carbocycles. The third kappa shape index (κ3) is 5.27. The van der Waals surface area contributed by atoms with Crippen LogP contribution in [0.3, 0.4) is 0 Å². The van der Waals surface area contributed by atoms with Crippen molar-refractivity contribution in [1.82, 2.24) is 5.32 Å². The van der Waals surface area contributed by atoms with E-state index in [0.29, 0.717) is 4.90 Å². The van der Waals surface area contributed by atoms with Gasteiger partial charge >= 0.3 is 5.97 Å². The van der Waals surface area contributed by atoms with Crippen molar-refractivity contribution in [3.63, 3.8) is 0 Å². The van der Waals surface area contributed by atoms with Crippen LogP contribution in [-0.2, 0) is 9.59 Å². The van der Waals surface area contributed by atoms with E-state index in [1.54, 1.807) is 0 Å². The predicted molar refractivity (Wildman–Crippen MR) is 68.4 cm³/mol. The van der Waals surface area contributed by atoms with Crippen molar-refractivity contribution < 1.29 is 24.2 Å². The highest BCUT2D eigenvalue weighted by Crippen LogP contribution is 2.17. The van der Waals surface area contributed by atoms with Gasteiger partial charge in [-0.1, -0.05) is 0 Å². The van der Waals surface area contributed by atoms with Crippen molar-refractivity contribution in [2.75, 3.05) is 5.75 Å². The van der Waals surface area contributed by atoms with Crippen molar-refractivity contribution in [3.05, 3.63) is 30.1 Å². The molecule has 0 aromatic heterocycles. The number of thioether (sulfide) groups is 1. The van der Waals surface area contributed by atoms with Gasteiger partial charge in [0.05, 0.1) is 11.9 Å². The monoisotopic (exact) mass is 287 g/mol. The first-order valence-electron chi connectivity index (χ1n) is 5.48. The first-order valence-corrected chi connectivity index (χ1v) is 6.47. The number of nitrogens with one attached hydrogen (secondary N) is 1. The number of benzene rings is 1. The SMILES string of the molecule is CC(O)C(NC(=O)CSc1ccc(F)cc1)C(=O)O. The first-order chi connectivity index (χ1) is 8.90. The molecule has 1 aromatic rings. The van der Waals surface area contributed by atoms with Crippen LogP contribution >= 0.6 is 11.8 Å². The average molecular weight is 287 g/mol. The molecule has 0 aliphatic heterocycles. The number of carboxylic acids is 1. The van der Waals surface area contributed by atoms with E-state index < -0.39 is 24.0 Å². The lowest BCUT2D eigenvalue weighted by atomic mass is 10.2. The number of carboxylic acid groups (broad SMARTS) is 1. The van der Waals surface area contributed by atoms with E-state index in [1.807, 2.05) is 0 Å². The molecule has 7 heteroatoms. The zero-order valence-electron chi connectivity index (χ0n) is 10.2. The van der Waals surface area contributed by atoms with Crippen LogP contribution in [0.2, 0.25) is 0 Å². The summed E-state index contributed by atoms with van der Waals surface area (Å²) in [5, 5.41) is 20.2. The molecule has 5 nitrogen and oxygen atoms in total. The Morgan fingerprint density at radius 2 is 1.95 bits per heavy atom. The van der Waals surface area contributed by atoms with Gasteiger partial charge in [-0.2, -0.15) is 0 Å². The van der Waals surface area contributed by atoms with Gasteiger partial charge in [-0.25, -0.2) is 9.18 Å². The number of aliphatic hydroxyl groups excluding tert-OH is 1. The van der Waals surface area contributed by atoms with Gasteiger partial charge in [-0.15, -0.1) is 11.8 Å². The predicted octanol–water partition coefficient (Wildman–Crippen LogP) is 0.868. The van der Waals surface area contributed by atoms with Gasteiger partial charge in [0.2, 0.25) is 5.91 Å². The summed E-state index contributed by atoms with van der Waals surface area (Å²) in [6.07, 6.45) is -1.18. The summed E-state index contributed by atoms with van der Waals surface area (Å²) in [5.74, 6) is -2.19. The fraction of sp³-hybridized carbons (Fsp3) is 0.333. The number of carbonyl (C=O) groups excluding carboxylic acids is 1. The molecule has 0 bridgehead atoms. The Kier molecular flexibility index (Phi) is 5.78. The molecule has 19 heavy (non-hydrogen) atoms. The summed E-state index contributed by atoms with van der Waals surface area (Å²) < 4.78 is 12.7. The van der Waals surface area contributed by atoms with Crippen LogP contribution in [0.4, 0.5) is 4.39 Å².